The van der Waals surface area contributed by atoms with E-state index in [1.807, 2.05) is 60.7 Å². The highest BCUT2D eigenvalue weighted by molar-refractivity contribution is 6.32. The minimum atomic E-state index is 0.446. The Labute approximate surface area is 207 Å². The van der Waals surface area contributed by atoms with E-state index in [1.54, 1.807) is 38.6 Å². The van der Waals surface area contributed by atoms with Crippen molar-refractivity contribution in [3.05, 3.63) is 90.1 Å². The van der Waals surface area contributed by atoms with Gasteiger partial charge in [-0.3, -0.25) is 4.98 Å². The molecule has 1 N–H and O–H groups in total. The standard InChI is InChI=1S/C27H21ClN4O3/c1-33-25-15-19-22(16-26(25)34-2)29-13-12-23(19)35-24-10-8-17(14-20(24)28)21-9-11-27(32-31-21)30-18-6-4-3-5-7-18/h3-16H,1-2H3,(H,30,32). The van der Waals surface area contributed by atoms with Crippen LogP contribution in [0.25, 0.3) is 22.2 Å². The van der Waals surface area contributed by atoms with E-state index in [0.717, 1.165) is 16.6 Å². The number of nitrogens with zero attached hydrogens (tertiary/aromatic N) is 3. The second-order valence-electron chi connectivity index (χ2n) is 7.58. The van der Waals surface area contributed by atoms with Crippen molar-refractivity contribution >= 4 is 34.0 Å². The molecule has 0 atom stereocenters. The van der Waals surface area contributed by atoms with Crippen molar-refractivity contribution in [2.24, 2.45) is 0 Å². The molecule has 0 amide bonds. The van der Waals surface area contributed by atoms with Crippen LogP contribution >= 0.6 is 11.6 Å². The zero-order valence-electron chi connectivity index (χ0n) is 19.0. The summed E-state index contributed by atoms with van der Waals surface area (Å²) in [6, 6.07) is 24.5. The summed E-state index contributed by atoms with van der Waals surface area (Å²) in [5.41, 5.74) is 3.18. The van der Waals surface area contributed by atoms with Crippen molar-refractivity contribution in [1.82, 2.24) is 15.2 Å². The molecule has 5 aromatic rings. The van der Waals surface area contributed by atoms with Crippen molar-refractivity contribution in [3.8, 4) is 34.3 Å². The number of pyridine rings is 1. The van der Waals surface area contributed by atoms with Crippen molar-refractivity contribution in [1.29, 1.82) is 0 Å². The minimum absolute atomic E-state index is 0.446. The molecule has 35 heavy (non-hydrogen) atoms. The Bertz CT molecular complexity index is 1480. The number of para-hydroxylation sites is 1. The van der Waals surface area contributed by atoms with Gasteiger partial charge in [0.25, 0.3) is 0 Å². The van der Waals surface area contributed by atoms with Crippen LogP contribution in [0.4, 0.5) is 11.5 Å². The lowest BCUT2D eigenvalue weighted by Crippen LogP contribution is -1.96. The van der Waals surface area contributed by atoms with Gasteiger partial charge in [-0.15, -0.1) is 10.2 Å². The lowest BCUT2D eigenvalue weighted by atomic mass is 10.1. The number of fused-ring (bicyclic) bond motifs is 1. The summed E-state index contributed by atoms with van der Waals surface area (Å²) in [6.07, 6.45) is 1.67. The highest BCUT2D eigenvalue weighted by Crippen LogP contribution is 2.39. The summed E-state index contributed by atoms with van der Waals surface area (Å²) < 4.78 is 17.0. The quantitative estimate of drug-likeness (QED) is 0.269. The molecule has 0 aliphatic carbocycles. The summed E-state index contributed by atoms with van der Waals surface area (Å²) in [5, 5.41) is 13.0. The van der Waals surface area contributed by atoms with Crippen LogP contribution in [0, 0.1) is 0 Å². The number of hydrogen-bond acceptors (Lipinski definition) is 7. The van der Waals surface area contributed by atoms with Gasteiger partial charge in [0, 0.05) is 28.9 Å². The molecule has 3 aromatic carbocycles. The van der Waals surface area contributed by atoms with Gasteiger partial charge >= 0.3 is 0 Å². The summed E-state index contributed by atoms with van der Waals surface area (Å²) in [4.78, 5) is 4.41. The molecule has 0 unspecified atom stereocenters. The molecule has 0 saturated heterocycles. The molecule has 0 aliphatic heterocycles. The predicted octanol–water partition coefficient (Wildman–Crippen LogP) is 6.90. The fraction of sp³-hybridized carbons (Fsp3) is 0.0741. The third kappa shape index (κ3) is 4.81. The molecular weight excluding hydrogens is 464 g/mol. The fourth-order valence-corrected chi connectivity index (χ4v) is 3.84. The molecule has 2 heterocycles. The van der Waals surface area contributed by atoms with Crippen molar-refractivity contribution < 1.29 is 14.2 Å². The largest absolute Gasteiger partial charge is 0.493 e. The summed E-state index contributed by atoms with van der Waals surface area (Å²) in [5.74, 6) is 2.94. The highest BCUT2D eigenvalue weighted by atomic mass is 35.5. The second kappa shape index (κ2) is 9.87. The van der Waals surface area contributed by atoms with E-state index in [4.69, 9.17) is 25.8 Å². The first-order chi connectivity index (χ1) is 17.1. The maximum Gasteiger partial charge on any atom is 0.162 e. The number of aromatic nitrogens is 3. The van der Waals surface area contributed by atoms with Crippen LogP contribution in [0.3, 0.4) is 0 Å². The average molecular weight is 485 g/mol. The Morgan fingerprint density at radius 2 is 1.54 bits per heavy atom. The Hall–Kier alpha value is -4.36. The molecule has 0 fully saturated rings. The van der Waals surface area contributed by atoms with E-state index in [9.17, 15) is 0 Å². The second-order valence-corrected chi connectivity index (χ2v) is 7.98. The predicted molar refractivity (Wildman–Crippen MR) is 137 cm³/mol. The molecule has 0 saturated carbocycles. The van der Waals surface area contributed by atoms with Crippen LogP contribution in [-0.2, 0) is 0 Å². The monoisotopic (exact) mass is 484 g/mol. The van der Waals surface area contributed by atoms with Crippen molar-refractivity contribution in [2.75, 3.05) is 19.5 Å². The third-order valence-corrected chi connectivity index (χ3v) is 5.66. The minimum Gasteiger partial charge on any atom is -0.493 e. The fourth-order valence-electron chi connectivity index (χ4n) is 3.62. The van der Waals surface area contributed by atoms with E-state index in [2.05, 4.69) is 20.5 Å². The number of anilines is 2. The molecule has 0 aliphatic rings. The van der Waals surface area contributed by atoms with Gasteiger partial charge in [0.2, 0.25) is 0 Å². The lowest BCUT2D eigenvalue weighted by molar-refractivity contribution is 0.355. The lowest BCUT2D eigenvalue weighted by Gasteiger charge is -2.13. The Morgan fingerprint density at radius 1 is 0.743 bits per heavy atom. The number of nitrogens with one attached hydrogen (secondary N) is 1. The van der Waals surface area contributed by atoms with E-state index >= 15 is 0 Å². The topological polar surface area (TPSA) is 78.4 Å². The number of rotatable bonds is 7. The number of methoxy groups -OCH3 is 2. The van der Waals surface area contributed by atoms with Gasteiger partial charge in [-0.25, -0.2) is 0 Å². The van der Waals surface area contributed by atoms with Crippen molar-refractivity contribution in [3.63, 3.8) is 0 Å². The third-order valence-electron chi connectivity index (χ3n) is 5.37. The molecule has 7 nitrogen and oxygen atoms in total. The van der Waals surface area contributed by atoms with E-state index in [-0.39, 0.29) is 0 Å². The van der Waals surface area contributed by atoms with Crippen LogP contribution in [0.1, 0.15) is 0 Å². The van der Waals surface area contributed by atoms with Crippen LogP contribution in [0.5, 0.6) is 23.0 Å². The van der Waals surface area contributed by atoms with Gasteiger partial charge in [0.1, 0.15) is 11.5 Å². The smallest absolute Gasteiger partial charge is 0.162 e. The zero-order chi connectivity index (χ0) is 24.2. The van der Waals surface area contributed by atoms with Crippen LogP contribution < -0.4 is 19.5 Å². The number of halogens is 1. The van der Waals surface area contributed by atoms with E-state index in [0.29, 0.717) is 45.0 Å². The van der Waals surface area contributed by atoms with Gasteiger partial charge in [-0.2, -0.15) is 0 Å². The molecule has 8 heteroatoms. The number of ether oxygens (including phenoxy) is 3. The van der Waals surface area contributed by atoms with Gasteiger partial charge in [-0.1, -0.05) is 29.8 Å². The first-order valence-electron chi connectivity index (χ1n) is 10.8. The van der Waals surface area contributed by atoms with Crippen LogP contribution in [-0.4, -0.2) is 29.4 Å². The highest BCUT2D eigenvalue weighted by Gasteiger charge is 2.13. The normalized spacial score (nSPS) is 10.7. The van der Waals surface area contributed by atoms with E-state index < -0.39 is 0 Å². The molecule has 0 radical (unpaired) electrons. The van der Waals surface area contributed by atoms with Gasteiger partial charge in [-0.05, 0) is 54.6 Å². The van der Waals surface area contributed by atoms with Crippen LogP contribution in [0.15, 0.2) is 85.1 Å². The van der Waals surface area contributed by atoms with Gasteiger partial charge in [0.15, 0.2) is 17.3 Å². The Morgan fingerprint density at radius 3 is 2.26 bits per heavy atom. The molecule has 2 aromatic heterocycles. The van der Waals surface area contributed by atoms with Gasteiger partial charge in [0.05, 0.1) is 30.5 Å². The SMILES string of the molecule is COc1cc2nccc(Oc3ccc(-c4ccc(Nc5ccccc5)nn4)cc3Cl)c2cc1OC. The maximum atomic E-state index is 6.58. The summed E-state index contributed by atoms with van der Waals surface area (Å²) in [6.45, 7) is 0. The van der Waals surface area contributed by atoms with Crippen LogP contribution in [0.2, 0.25) is 5.02 Å². The molecule has 5 rings (SSSR count). The van der Waals surface area contributed by atoms with Crippen molar-refractivity contribution in [2.45, 2.75) is 0 Å². The summed E-state index contributed by atoms with van der Waals surface area (Å²) in [7, 11) is 3.17. The maximum absolute atomic E-state index is 6.58. The molecule has 0 spiro atoms. The molecule has 174 valence electrons. The first-order valence-corrected chi connectivity index (χ1v) is 11.2. The number of hydrogen-bond donors (Lipinski definition) is 1. The zero-order valence-corrected chi connectivity index (χ0v) is 19.8. The number of benzene rings is 3. The first kappa shape index (κ1) is 22.4. The average Bonchev–Trinajstić information content (AvgIpc) is 2.90. The van der Waals surface area contributed by atoms with Gasteiger partial charge < -0.3 is 19.5 Å². The van der Waals surface area contributed by atoms with E-state index in [1.165, 1.54) is 0 Å². The Balaban J connectivity index is 1.38. The molecular formula is C27H21ClN4O3. The Kier molecular flexibility index (Phi) is 6.32. The summed E-state index contributed by atoms with van der Waals surface area (Å²) >= 11 is 6.58. The molecule has 0 bridgehead atoms.